The van der Waals surface area contributed by atoms with E-state index in [4.69, 9.17) is 0 Å². The van der Waals surface area contributed by atoms with Crippen LogP contribution in [0.4, 0.5) is 21.5 Å². The second-order valence-electron chi connectivity index (χ2n) is 7.00. The lowest BCUT2D eigenvalue weighted by molar-refractivity contribution is -0.123. The Morgan fingerprint density at radius 2 is 1.53 bits per heavy atom. The minimum absolute atomic E-state index is 0.0147. The molecular weight excluding hydrogens is 387 g/mol. The van der Waals surface area contributed by atoms with Crippen LogP contribution < -0.4 is 16.0 Å². The van der Waals surface area contributed by atoms with Gasteiger partial charge in [0, 0.05) is 24.0 Å². The van der Waals surface area contributed by atoms with E-state index in [1.54, 1.807) is 55.1 Å². The predicted molar refractivity (Wildman–Crippen MR) is 116 cm³/mol. The number of anilines is 3. The zero-order chi connectivity index (χ0) is 22.3. The van der Waals surface area contributed by atoms with Gasteiger partial charge in [-0.25, -0.2) is 4.39 Å². The molecule has 30 heavy (non-hydrogen) atoms. The summed E-state index contributed by atoms with van der Waals surface area (Å²) < 4.78 is 13.7. The Morgan fingerprint density at radius 1 is 0.967 bits per heavy atom. The van der Waals surface area contributed by atoms with Crippen LogP contribution >= 0.6 is 0 Å². The van der Waals surface area contributed by atoms with Gasteiger partial charge in [0.2, 0.25) is 17.7 Å². The SMILES string of the molecule is CCN(CC(=O)Nc1ccc(NC(C)=O)cc1)[C@H](C)C(=O)Nc1ccc(C)c(F)c1. The Hall–Kier alpha value is -3.26. The lowest BCUT2D eigenvalue weighted by atomic mass is 10.2. The monoisotopic (exact) mass is 414 g/mol. The summed E-state index contributed by atoms with van der Waals surface area (Å²) >= 11 is 0. The van der Waals surface area contributed by atoms with Crippen molar-refractivity contribution >= 4 is 34.8 Å². The zero-order valence-electron chi connectivity index (χ0n) is 17.6. The number of hydrogen-bond acceptors (Lipinski definition) is 4. The summed E-state index contributed by atoms with van der Waals surface area (Å²) in [6.07, 6.45) is 0. The Kier molecular flexibility index (Phi) is 8.06. The lowest BCUT2D eigenvalue weighted by Gasteiger charge is -2.26. The fourth-order valence-corrected chi connectivity index (χ4v) is 2.83. The molecule has 7 nitrogen and oxygen atoms in total. The van der Waals surface area contributed by atoms with E-state index in [1.165, 1.54) is 13.0 Å². The Balaban J connectivity index is 1.93. The van der Waals surface area contributed by atoms with Crippen LogP contribution in [0.15, 0.2) is 42.5 Å². The van der Waals surface area contributed by atoms with Gasteiger partial charge in [-0.2, -0.15) is 0 Å². The van der Waals surface area contributed by atoms with Gasteiger partial charge in [-0.1, -0.05) is 13.0 Å². The van der Waals surface area contributed by atoms with E-state index in [-0.39, 0.29) is 24.3 Å². The molecule has 0 aliphatic rings. The van der Waals surface area contributed by atoms with Gasteiger partial charge in [0.25, 0.3) is 0 Å². The molecular formula is C22H27FN4O3. The van der Waals surface area contributed by atoms with Gasteiger partial charge in [0.05, 0.1) is 12.6 Å². The molecule has 0 saturated carbocycles. The van der Waals surface area contributed by atoms with Crippen LogP contribution in [0.25, 0.3) is 0 Å². The maximum atomic E-state index is 13.7. The van der Waals surface area contributed by atoms with Crippen molar-refractivity contribution in [2.24, 2.45) is 0 Å². The Morgan fingerprint density at radius 3 is 2.07 bits per heavy atom. The average Bonchev–Trinajstić information content (AvgIpc) is 2.69. The molecule has 160 valence electrons. The van der Waals surface area contributed by atoms with Gasteiger partial charge >= 0.3 is 0 Å². The molecule has 1 atom stereocenters. The molecule has 2 aromatic rings. The molecule has 0 aliphatic carbocycles. The summed E-state index contributed by atoms with van der Waals surface area (Å²) in [6.45, 7) is 7.10. The molecule has 3 amide bonds. The van der Waals surface area contributed by atoms with Gasteiger partial charge in [-0.3, -0.25) is 19.3 Å². The Labute approximate surface area is 175 Å². The second-order valence-corrected chi connectivity index (χ2v) is 7.00. The van der Waals surface area contributed by atoms with E-state index in [2.05, 4.69) is 16.0 Å². The van der Waals surface area contributed by atoms with Crippen molar-refractivity contribution in [3.8, 4) is 0 Å². The number of aryl methyl sites for hydroxylation is 1. The van der Waals surface area contributed by atoms with Gasteiger partial charge in [-0.15, -0.1) is 0 Å². The summed E-state index contributed by atoms with van der Waals surface area (Å²) in [5, 5.41) is 8.10. The van der Waals surface area contributed by atoms with E-state index < -0.39 is 11.9 Å². The average molecular weight is 414 g/mol. The van der Waals surface area contributed by atoms with Crippen LogP contribution in [-0.2, 0) is 14.4 Å². The third-order valence-corrected chi connectivity index (χ3v) is 4.61. The molecule has 0 aliphatic heterocycles. The van der Waals surface area contributed by atoms with Crippen LogP contribution in [0, 0.1) is 12.7 Å². The van der Waals surface area contributed by atoms with Crippen LogP contribution in [0.2, 0.25) is 0 Å². The third kappa shape index (κ3) is 6.66. The molecule has 8 heteroatoms. The van der Waals surface area contributed by atoms with Crippen LogP contribution in [0.1, 0.15) is 26.3 Å². The number of nitrogens with one attached hydrogen (secondary N) is 3. The standard InChI is InChI=1S/C22H27FN4O3/c1-5-27(15(3)22(30)26-19-7-6-14(2)20(23)12-19)13-21(29)25-18-10-8-17(9-11-18)24-16(4)28/h6-12,15H,5,13H2,1-4H3,(H,24,28)(H,25,29)(H,26,30)/t15-/m1/s1. The first-order chi connectivity index (χ1) is 14.2. The summed E-state index contributed by atoms with van der Waals surface area (Å²) in [4.78, 5) is 37.7. The highest BCUT2D eigenvalue weighted by Gasteiger charge is 2.22. The molecule has 0 unspecified atom stereocenters. The highest BCUT2D eigenvalue weighted by molar-refractivity contribution is 5.96. The van der Waals surface area contributed by atoms with E-state index in [0.29, 0.717) is 29.2 Å². The van der Waals surface area contributed by atoms with Crippen LogP contribution in [0.5, 0.6) is 0 Å². The van der Waals surface area contributed by atoms with Crippen molar-refractivity contribution in [2.75, 3.05) is 29.0 Å². The second kappa shape index (κ2) is 10.5. The molecule has 3 N–H and O–H groups in total. The third-order valence-electron chi connectivity index (χ3n) is 4.61. The number of nitrogens with zero attached hydrogens (tertiary/aromatic N) is 1. The smallest absolute Gasteiger partial charge is 0.241 e. The van der Waals surface area contributed by atoms with Crippen molar-refractivity contribution in [2.45, 2.75) is 33.7 Å². The summed E-state index contributed by atoms with van der Waals surface area (Å²) in [6, 6.07) is 10.6. The van der Waals surface area contributed by atoms with Crippen LogP contribution in [0.3, 0.4) is 0 Å². The molecule has 0 aromatic heterocycles. The molecule has 0 bridgehead atoms. The van der Waals surface area contributed by atoms with Gasteiger partial charge in [0.1, 0.15) is 5.82 Å². The predicted octanol–water partition coefficient (Wildman–Crippen LogP) is 3.38. The molecule has 0 heterocycles. The maximum Gasteiger partial charge on any atom is 0.241 e. The zero-order valence-corrected chi connectivity index (χ0v) is 17.6. The maximum absolute atomic E-state index is 13.7. The number of likely N-dealkylation sites (N-methyl/N-ethyl adjacent to an activating group) is 1. The first-order valence-corrected chi connectivity index (χ1v) is 9.68. The summed E-state index contributed by atoms with van der Waals surface area (Å²) in [5.74, 6) is -1.17. The molecule has 0 fully saturated rings. The van der Waals surface area contributed by atoms with E-state index >= 15 is 0 Å². The summed E-state index contributed by atoms with van der Waals surface area (Å²) in [5.41, 5.74) is 2.08. The van der Waals surface area contributed by atoms with E-state index in [0.717, 1.165) is 0 Å². The molecule has 2 rings (SSSR count). The largest absolute Gasteiger partial charge is 0.326 e. The van der Waals surface area contributed by atoms with Crippen LogP contribution in [-0.4, -0.2) is 41.8 Å². The number of rotatable bonds is 8. The first-order valence-electron chi connectivity index (χ1n) is 9.68. The number of benzene rings is 2. The molecule has 0 saturated heterocycles. The number of amides is 3. The minimum Gasteiger partial charge on any atom is -0.326 e. The van der Waals surface area contributed by atoms with Crippen molar-refractivity contribution in [1.82, 2.24) is 4.90 Å². The molecule has 2 aromatic carbocycles. The lowest BCUT2D eigenvalue weighted by Crippen LogP contribution is -2.45. The van der Waals surface area contributed by atoms with Gasteiger partial charge in [-0.05, 0) is 62.4 Å². The number of hydrogen-bond donors (Lipinski definition) is 3. The number of carbonyl (C=O) groups excluding carboxylic acids is 3. The summed E-state index contributed by atoms with van der Waals surface area (Å²) in [7, 11) is 0. The highest BCUT2D eigenvalue weighted by Crippen LogP contribution is 2.15. The first kappa shape index (κ1) is 23.0. The van der Waals surface area contributed by atoms with Crippen molar-refractivity contribution < 1.29 is 18.8 Å². The molecule has 0 spiro atoms. The molecule has 0 radical (unpaired) electrons. The highest BCUT2D eigenvalue weighted by atomic mass is 19.1. The normalized spacial score (nSPS) is 11.7. The van der Waals surface area contributed by atoms with Crippen molar-refractivity contribution in [3.05, 3.63) is 53.8 Å². The number of halogens is 1. The van der Waals surface area contributed by atoms with Crippen molar-refractivity contribution in [3.63, 3.8) is 0 Å². The van der Waals surface area contributed by atoms with Gasteiger partial charge < -0.3 is 16.0 Å². The van der Waals surface area contributed by atoms with E-state index in [9.17, 15) is 18.8 Å². The Bertz CT molecular complexity index is 915. The van der Waals surface area contributed by atoms with Crippen molar-refractivity contribution in [1.29, 1.82) is 0 Å². The number of carbonyl (C=O) groups is 3. The fraction of sp³-hybridized carbons (Fsp3) is 0.318. The minimum atomic E-state index is -0.591. The quantitative estimate of drug-likeness (QED) is 0.618. The van der Waals surface area contributed by atoms with E-state index in [1.807, 2.05) is 6.92 Å². The van der Waals surface area contributed by atoms with Gasteiger partial charge in [0.15, 0.2) is 0 Å². The fourth-order valence-electron chi connectivity index (χ4n) is 2.83. The topological polar surface area (TPSA) is 90.5 Å².